The lowest BCUT2D eigenvalue weighted by atomic mass is 10.1. The van der Waals surface area contributed by atoms with E-state index in [4.69, 9.17) is 9.47 Å². The number of rotatable bonds is 5. The van der Waals surface area contributed by atoms with Gasteiger partial charge in [0, 0.05) is 11.3 Å². The predicted molar refractivity (Wildman–Crippen MR) is 75.0 cm³/mol. The number of ether oxygens (including phenoxy) is 2. The molecule has 0 atom stereocenters. The average Bonchev–Trinajstić information content (AvgIpc) is 2.70. The third-order valence-electron chi connectivity index (χ3n) is 2.68. The third-order valence-corrected chi connectivity index (χ3v) is 3.80. The van der Waals surface area contributed by atoms with Gasteiger partial charge in [0.1, 0.15) is 5.00 Å². The number of carbonyl (C=O) groups is 3. The second-order valence-corrected chi connectivity index (χ2v) is 5.27. The fraction of sp³-hybridized carbons (Fsp3) is 0.462. The van der Waals surface area contributed by atoms with Crippen molar-refractivity contribution in [2.75, 3.05) is 19.0 Å². The molecule has 6 nitrogen and oxygen atoms in total. The molecule has 110 valence electrons. The second-order valence-electron chi connectivity index (χ2n) is 4.04. The molecule has 1 rings (SSSR count). The number of amides is 1. The Bertz CT molecular complexity index is 535. The van der Waals surface area contributed by atoms with Crippen molar-refractivity contribution in [1.29, 1.82) is 0 Å². The highest BCUT2D eigenvalue weighted by Crippen LogP contribution is 2.32. The topological polar surface area (TPSA) is 81.7 Å². The number of nitrogens with one attached hydrogen (secondary N) is 1. The molecule has 0 saturated heterocycles. The van der Waals surface area contributed by atoms with E-state index in [1.807, 2.05) is 6.92 Å². The van der Waals surface area contributed by atoms with Crippen LogP contribution in [-0.4, -0.2) is 31.6 Å². The van der Waals surface area contributed by atoms with Gasteiger partial charge in [0.15, 0.2) is 6.61 Å². The fourth-order valence-electron chi connectivity index (χ4n) is 1.47. The minimum atomic E-state index is -0.507. The Labute approximate surface area is 121 Å². The number of anilines is 1. The van der Waals surface area contributed by atoms with Gasteiger partial charge >= 0.3 is 11.9 Å². The maximum atomic E-state index is 11.7. The normalized spacial score (nSPS) is 10.0. The van der Waals surface area contributed by atoms with E-state index in [1.54, 1.807) is 13.8 Å². The van der Waals surface area contributed by atoms with E-state index in [9.17, 15) is 14.4 Å². The van der Waals surface area contributed by atoms with Gasteiger partial charge < -0.3 is 14.8 Å². The van der Waals surface area contributed by atoms with Crippen molar-refractivity contribution in [2.45, 2.75) is 27.2 Å². The van der Waals surface area contributed by atoms with E-state index in [2.05, 4.69) is 5.32 Å². The largest absolute Gasteiger partial charge is 0.465 e. The van der Waals surface area contributed by atoms with Crippen molar-refractivity contribution in [2.24, 2.45) is 0 Å². The summed E-state index contributed by atoms with van der Waals surface area (Å²) >= 11 is 1.28. The van der Waals surface area contributed by atoms with Gasteiger partial charge in [-0.2, -0.15) is 0 Å². The zero-order valence-corrected chi connectivity index (χ0v) is 12.7. The Morgan fingerprint density at radius 1 is 1.25 bits per heavy atom. The first-order valence-electron chi connectivity index (χ1n) is 6.04. The number of aryl methyl sites for hydroxylation is 1. The van der Waals surface area contributed by atoms with Crippen molar-refractivity contribution in [1.82, 2.24) is 0 Å². The molecule has 20 heavy (non-hydrogen) atoms. The van der Waals surface area contributed by atoms with Crippen LogP contribution in [-0.2, 0) is 19.1 Å². The van der Waals surface area contributed by atoms with Crippen LogP contribution in [0.25, 0.3) is 0 Å². The predicted octanol–water partition coefficient (Wildman–Crippen LogP) is 2.04. The smallest absolute Gasteiger partial charge is 0.341 e. The van der Waals surface area contributed by atoms with Crippen LogP contribution in [0.4, 0.5) is 5.00 Å². The second kappa shape index (κ2) is 7.04. The molecule has 0 radical (unpaired) electrons. The summed E-state index contributed by atoms with van der Waals surface area (Å²) in [6, 6.07) is 0. The lowest BCUT2D eigenvalue weighted by Crippen LogP contribution is -2.21. The lowest BCUT2D eigenvalue weighted by Gasteiger charge is -2.06. The van der Waals surface area contributed by atoms with Crippen LogP contribution in [0.2, 0.25) is 0 Å². The fourth-order valence-corrected chi connectivity index (χ4v) is 2.54. The first-order valence-corrected chi connectivity index (χ1v) is 6.86. The summed E-state index contributed by atoms with van der Waals surface area (Å²) in [7, 11) is 1.28. The zero-order chi connectivity index (χ0) is 15.3. The molecular formula is C13H17NO5S. The molecule has 7 heteroatoms. The Kier molecular flexibility index (Phi) is 5.69. The van der Waals surface area contributed by atoms with Crippen molar-refractivity contribution >= 4 is 34.2 Å². The number of esters is 2. The highest BCUT2D eigenvalue weighted by atomic mass is 32.1. The molecule has 0 bridgehead atoms. The highest BCUT2D eigenvalue weighted by molar-refractivity contribution is 7.16. The van der Waals surface area contributed by atoms with Crippen LogP contribution in [0.1, 0.15) is 34.1 Å². The van der Waals surface area contributed by atoms with Gasteiger partial charge in [0.25, 0.3) is 5.91 Å². The van der Waals surface area contributed by atoms with Crippen LogP contribution in [0, 0.1) is 13.8 Å². The van der Waals surface area contributed by atoms with Crippen molar-refractivity contribution in [3.05, 3.63) is 16.0 Å². The van der Waals surface area contributed by atoms with E-state index in [0.29, 0.717) is 10.6 Å². The SMILES string of the molecule is CCC(=O)OCC(=O)Nc1sc(C)c(C)c1C(=O)OC. The first-order chi connectivity index (χ1) is 9.40. The molecule has 0 spiro atoms. The average molecular weight is 299 g/mol. The van der Waals surface area contributed by atoms with E-state index >= 15 is 0 Å². The molecule has 0 fully saturated rings. The van der Waals surface area contributed by atoms with E-state index in [-0.39, 0.29) is 13.0 Å². The van der Waals surface area contributed by atoms with Crippen molar-refractivity contribution < 1.29 is 23.9 Å². The van der Waals surface area contributed by atoms with E-state index < -0.39 is 17.8 Å². The van der Waals surface area contributed by atoms with Crippen molar-refractivity contribution in [3.63, 3.8) is 0 Å². The third kappa shape index (κ3) is 3.80. The summed E-state index contributed by atoms with van der Waals surface area (Å²) < 4.78 is 9.43. The maximum absolute atomic E-state index is 11.7. The van der Waals surface area contributed by atoms with E-state index in [1.165, 1.54) is 18.4 Å². The van der Waals surface area contributed by atoms with Gasteiger partial charge in [-0.3, -0.25) is 9.59 Å². The van der Waals surface area contributed by atoms with Gasteiger partial charge in [0.2, 0.25) is 0 Å². The van der Waals surface area contributed by atoms with Gasteiger partial charge in [-0.05, 0) is 19.4 Å². The first kappa shape index (κ1) is 16.2. The molecule has 0 aliphatic heterocycles. The molecule has 1 heterocycles. The molecule has 0 saturated carbocycles. The quantitative estimate of drug-likeness (QED) is 0.841. The molecule has 0 aromatic carbocycles. The van der Waals surface area contributed by atoms with Gasteiger partial charge in [-0.15, -0.1) is 11.3 Å². The molecule has 1 aromatic heterocycles. The lowest BCUT2D eigenvalue weighted by molar-refractivity contribution is -0.146. The zero-order valence-electron chi connectivity index (χ0n) is 11.9. The maximum Gasteiger partial charge on any atom is 0.341 e. The Balaban J connectivity index is 2.82. The molecule has 1 N–H and O–H groups in total. The molecule has 0 unspecified atom stereocenters. The Morgan fingerprint density at radius 3 is 2.45 bits per heavy atom. The molecular weight excluding hydrogens is 282 g/mol. The van der Waals surface area contributed by atoms with Gasteiger partial charge in [-0.25, -0.2) is 4.79 Å². The van der Waals surface area contributed by atoms with Crippen LogP contribution in [0.15, 0.2) is 0 Å². The van der Waals surface area contributed by atoms with E-state index in [0.717, 1.165) is 10.4 Å². The monoisotopic (exact) mass is 299 g/mol. The molecule has 0 aliphatic carbocycles. The summed E-state index contributed by atoms with van der Waals surface area (Å²) in [5, 5.41) is 2.98. The number of carbonyl (C=O) groups excluding carboxylic acids is 3. The Hall–Kier alpha value is -1.89. The van der Waals surface area contributed by atoms with Crippen LogP contribution >= 0.6 is 11.3 Å². The minimum Gasteiger partial charge on any atom is -0.465 e. The minimum absolute atomic E-state index is 0.206. The summed E-state index contributed by atoms with van der Waals surface area (Å²) in [5.41, 5.74) is 1.10. The summed E-state index contributed by atoms with van der Waals surface area (Å²) in [4.78, 5) is 35.3. The summed E-state index contributed by atoms with van der Waals surface area (Å²) in [6.07, 6.45) is 0.206. The summed E-state index contributed by atoms with van der Waals surface area (Å²) in [5.74, 6) is -1.45. The van der Waals surface area contributed by atoms with Crippen molar-refractivity contribution in [3.8, 4) is 0 Å². The number of hydrogen-bond acceptors (Lipinski definition) is 6. The van der Waals surface area contributed by atoms with Crippen LogP contribution in [0.5, 0.6) is 0 Å². The molecule has 1 amide bonds. The number of methoxy groups -OCH3 is 1. The van der Waals surface area contributed by atoms with Crippen LogP contribution in [0.3, 0.4) is 0 Å². The standard InChI is InChI=1S/C13H17NO5S/c1-5-10(16)19-6-9(15)14-12-11(13(17)18-4)7(2)8(3)20-12/h5-6H2,1-4H3,(H,14,15). The summed E-state index contributed by atoms with van der Waals surface area (Å²) in [6.45, 7) is 4.90. The molecule has 0 aliphatic rings. The van der Waals surface area contributed by atoms with Gasteiger partial charge in [-0.1, -0.05) is 6.92 Å². The Morgan fingerprint density at radius 2 is 1.90 bits per heavy atom. The van der Waals surface area contributed by atoms with Gasteiger partial charge in [0.05, 0.1) is 12.7 Å². The van der Waals surface area contributed by atoms with Crippen LogP contribution < -0.4 is 5.32 Å². The number of thiophene rings is 1. The molecule has 1 aromatic rings. The number of hydrogen-bond donors (Lipinski definition) is 1. The highest BCUT2D eigenvalue weighted by Gasteiger charge is 2.21.